The highest BCUT2D eigenvalue weighted by Gasteiger charge is 2.18. The molecule has 3 aromatic rings. The molecule has 0 saturated carbocycles. The number of nitrogens with zero attached hydrogens (tertiary/aromatic N) is 3. The lowest BCUT2D eigenvalue weighted by molar-refractivity contribution is 0.210. The van der Waals surface area contributed by atoms with E-state index in [0.29, 0.717) is 10.8 Å². The summed E-state index contributed by atoms with van der Waals surface area (Å²) in [5, 5.41) is 9.70. The molecule has 0 radical (unpaired) electrons. The SMILES string of the molecule is Cc1ccc(O[C@H](C)c2nnc(SCc3ccc(F)cc3Cl)n2C)c(C)c1. The third-order valence-corrected chi connectivity index (χ3v) is 5.66. The summed E-state index contributed by atoms with van der Waals surface area (Å²) in [6.45, 7) is 6.04. The molecule has 142 valence electrons. The fourth-order valence-electron chi connectivity index (χ4n) is 2.76. The van der Waals surface area contributed by atoms with E-state index in [2.05, 4.69) is 23.2 Å². The van der Waals surface area contributed by atoms with Crippen molar-refractivity contribution in [2.24, 2.45) is 7.05 Å². The molecule has 0 bridgehead atoms. The summed E-state index contributed by atoms with van der Waals surface area (Å²) in [4.78, 5) is 0. The average molecular weight is 406 g/mol. The Balaban J connectivity index is 1.70. The van der Waals surface area contributed by atoms with Crippen LogP contribution < -0.4 is 4.74 Å². The molecule has 0 saturated heterocycles. The molecule has 7 heteroatoms. The van der Waals surface area contributed by atoms with E-state index in [9.17, 15) is 4.39 Å². The van der Waals surface area contributed by atoms with Crippen LogP contribution in [-0.4, -0.2) is 14.8 Å². The molecule has 1 aromatic heterocycles. The Bertz CT molecular complexity index is 960. The molecule has 0 aliphatic rings. The van der Waals surface area contributed by atoms with Crippen LogP contribution >= 0.6 is 23.4 Å². The predicted molar refractivity (Wildman–Crippen MR) is 107 cm³/mol. The first-order chi connectivity index (χ1) is 12.8. The van der Waals surface area contributed by atoms with Crippen molar-refractivity contribution in [1.82, 2.24) is 14.8 Å². The molecule has 2 aromatic carbocycles. The molecular formula is C20H21ClFN3OS. The molecule has 1 atom stereocenters. The van der Waals surface area contributed by atoms with E-state index in [-0.39, 0.29) is 11.9 Å². The van der Waals surface area contributed by atoms with Crippen LogP contribution in [0.5, 0.6) is 5.75 Å². The number of thioether (sulfide) groups is 1. The number of halogens is 2. The van der Waals surface area contributed by atoms with Crippen LogP contribution in [0.4, 0.5) is 4.39 Å². The maximum absolute atomic E-state index is 13.2. The zero-order chi connectivity index (χ0) is 19.6. The van der Waals surface area contributed by atoms with Gasteiger partial charge in [-0.1, -0.05) is 47.1 Å². The summed E-state index contributed by atoms with van der Waals surface area (Å²) in [5.74, 6) is 1.82. The lowest BCUT2D eigenvalue weighted by Crippen LogP contribution is -2.10. The smallest absolute Gasteiger partial charge is 0.191 e. The van der Waals surface area contributed by atoms with Crippen molar-refractivity contribution in [1.29, 1.82) is 0 Å². The Hall–Kier alpha value is -2.05. The van der Waals surface area contributed by atoms with Gasteiger partial charge in [0.2, 0.25) is 0 Å². The van der Waals surface area contributed by atoms with Gasteiger partial charge in [0.15, 0.2) is 17.1 Å². The third kappa shape index (κ3) is 4.62. The summed E-state index contributed by atoms with van der Waals surface area (Å²) in [7, 11) is 1.91. The number of hydrogen-bond donors (Lipinski definition) is 0. The monoisotopic (exact) mass is 405 g/mol. The first-order valence-electron chi connectivity index (χ1n) is 8.55. The number of ether oxygens (including phenoxy) is 1. The normalized spacial score (nSPS) is 12.2. The van der Waals surface area contributed by atoms with Crippen LogP contribution in [0.3, 0.4) is 0 Å². The van der Waals surface area contributed by atoms with E-state index in [4.69, 9.17) is 16.3 Å². The second kappa shape index (κ2) is 8.31. The molecule has 0 N–H and O–H groups in total. The number of benzene rings is 2. The quantitative estimate of drug-likeness (QED) is 0.496. The lowest BCUT2D eigenvalue weighted by Gasteiger charge is -2.16. The van der Waals surface area contributed by atoms with E-state index in [1.807, 2.05) is 37.6 Å². The van der Waals surface area contributed by atoms with Crippen molar-refractivity contribution in [3.63, 3.8) is 0 Å². The van der Waals surface area contributed by atoms with Crippen molar-refractivity contribution in [2.45, 2.75) is 37.8 Å². The van der Waals surface area contributed by atoms with Crippen molar-refractivity contribution in [3.8, 4) is 5.75 Å². The van der Waals surface area contributed by atoms with Crippen LogP contribution in [-0.2, 0) is 12.8 Å². The van der Waals surface area contributed by atoms with Gasteiger partial charge in [-0.15, -0.1) is 10.2 Å². The Labute approximate surface area is 167 Å². The molecule has 0 aliphatic carbocycles. The fraction of sp³-hybridized carbons (Fsp3) is 0.300. The highest BCUT2D eigenvalue weighted by Crippen LogP contribution is 2.29. The lowest BCUT2D eigenvalue weighted by atomic mass is 10.1. The maximum Gasteiger partial charge on any atom is 0.191 e. The zero-order valence-electron chi connectivity index (χ0n) is 15.7. The van der Waals surface area contributed by atoms with E-state index >= 15 is 0 Å². The highest BCUT2D eigenvalue weighted by molar-refractivity contribution is 7.98. The molecular weight excluding hydrogens is 385 g/mol. The van der Waals surface area contributed by atoms with Crippen LogP contribution in [0.25, 0.3) is 0 Å². The summed E-state index contributed by atoms with van der Waals surface area (Å²) in [5.41, 5.74) is 3.14. The molecule has 0 unspecified atom stereocenters. The number of rotatable bonds is 6. The van der Waals surface area contributed by atoms with Gasteiger partial charge in [0, 0.05) is 17.8 Å². The molecule has 0 aliphatic heterocycles. The summed E-state index contributed by atoms with van der Waals surface area (Å²) in [6.07, 6.45) is -0.243. The van der Waals surface area contributed by atoms with Gasteiger partial charge in [-0.05, 0) is 50.1 Å². The molecule has 0 fully saturated rings. The summed E-state index contributed by atoms with van der Waals surface area (Å²) in [6, 6.07) is 10.5. The molecule has 3 rings (SSSR count). The van der Waals surface area contributed by atoms with Gasteiger partial charge in [-0.3, -0.25) is 0 Å². The minimum Gasteiger partial charge on any atom is -0.482 e. The minimum absolute atomic E-state index is 0.243. The second-order valence-electron chi connectivity index (χ2n) is 6.45. The average Bonchev–Trinajstić information content (AvgIpc) is 2.97. The maximum atomic E-state index is 13.2. The second-order valence-corrected chi connectivity index (χ2v) is 7.80. The van der Waals surface area contributed by atoms with Crippen molar-refractivity contribution >= 4 is 23.4 Å². The Morgan fingerprint density at radius 3 is 2.67 bits per heavy atom. The van der Waals surface area contributed by atoms with Crippen molar-refractivity contribution in [3.05, 3.63) is 69.8 Å². The largest absolute Gasteiger partial charge is 0.482 e. The van der Waals surface area contributed by atoms with Gasteiger partial charge >= 0.3 is 0 Å². The Morgan fingerprint density at radius 2 is 1.96 bits per heavy atom. The van der Waals surface area contributed by atoms with Crippen LogP contribution in [0.15, 0.2) is 41.6 Å². The zero-order valence-corrected chi connectivity index (χ0v) is 17.2. The van der Waals surface area contributed by atoms with Gasteiger partial charge in [-0.2, -0.15) is 0 Å². The standard InChI is InChI=1S/C20H21ClFN3OS/c1-12-5-8-18(13(2)9-12)26-14(3)19-23-24-20(25(19)4)27-11-15-6-7-16(22)10-17(15)21/h5-10,14H,11H2,1-4H3/t14-/m1/s1. The minimum atomic E-state index is -0.341. The molecule has 4 nitrogen and oxygen atoms in total. The van der Waals surface area contributed by atoms with Crippen molar-refractivity contribution < 1.29 is 9.13 Å². The van der Waals surface area contributed by atoms with E-state index < -0.39 is 0 Å². The van der Waals surface area contributed by atoms with Crippen LogP contribution in [0.2, 0.25) is 5.02 Å². The highest BCUT2D eigenvalue weighted by atomic mass is 35.5. The molecule has 0 spiro atoms. The van der Waals surface area contributed by atoms with Gasteiger partial charge < -0.3 is 9.30 Å². The summed E-state index contributed by atoms with van der Waals surface area (Å²) < 4.78 is 21.2. The molecule has 1 heterocycles. The van der Waals surface area contributed by atoms with Gasteiger partial charge in [-0.25, -0.2) is 4.39 Å². The topological polar surface area (TPSA) is 39.9 Å². The van der Waals surface area contributed by atoms with Crippen LogP contribution in [0.1, 0.15) is 35.5 Å². The summed E-state index contributed by atoms with van der Waals surface area (Å²) >= 11 is 7.59. The van der Waals surface area contributed by atoms with Gasteiger partial charge in [0.1, 0.15) is 11.6 Å². The predicted octanol–water partition coefficient (Wildman–Crippen LogP) is 5.66. The number of aromatic nitrogens is 3. The van der Waals surface area contributed by atoms with Gasteiger partial charge in [0.25, 0.3) is 0 Å². The van der Waals surface area contributed by atoms with Crippen LogP contribution in [0, 0.1) is 19.7 Å². The number of aryl methyl sites for hydroxylation is 2. The Kier molecular flexibility index (Phi) is 6.07. The first kappa shape index (κ1) is 19.7. The fourth-order valence-corrected chi connectivity index (χ4v) is 4.00. The first-order valence-corrected chi connectivity index (χ1v) is 9.91. The van der Waals surface area contributed by atoms with E-state index in [0.717, 1.165) is 27.9 Å². The molecule has 0 amide bonds. The van der Waals surface area contributed by atoms with Gasteiger partial charge in [0.05, 0.1) is 0 Å². The van der Waals surface area contributed by atoms with Crippen molar-refractivity contribution in [2.75, 3.05) is 0 Å². The van der Waals surface area contributed by atoms with E-state index in [1.165, 1.54) is 29.5 Å². The Morgan fingerprint density at radius 1 is 1.19 bits per heavy atom. The van der Waals surface area contributed by atoms with E-state index in [1.54, 1.807) is 6.07 Å². The third-order valence-electron chi connectivity index (χ3n) is 4.24. The number of hydrogen-bond acceptors (Lipinski definition) is 4. The molecule has 27 heavy (non-hydrogen) atoms.